The summed E-state index contributed by atoms with van der Waals surface area (Å²) in [5.41, 5.74) is 2.08. The Bertz CT molecular complexity index is 936. The van der Waals surface area contributed by atoms with E-state index in [4.69, 9.17) is 16.3 Å². The normalized spacial score (nSPS) is 10.6. The third kappa shape index (κ3) is 3.80. The van der Waals surface area contributed by atoms with Gasteiger partial charge in [0.05, 0.1) is 23.6 Å². The van der Waals surface area contributed by atoms with Gasteiger partial charge >= 0.3 is 5.97 Å². The zero-order valence-electron chi connectivity index (χ0n) is 13.5. The smallest absolute Gasteiger partial charge is 0.310 e. The molecule has 0 radical (unpaired) electrons. The van der Waals surface area contributed by atoms with Gasteiger partial charge in [-0.2, -0.15) is 0 Å². The number of imidazole rings is 1. The molecule has 6 nitrogen and oxygen atoms in total. The number of pyridine rings is 1. The van der Waals surface area contributed by atoms with Crippen molar-refractivity contribution in [2.75, 3.05) is 11.9 Å². The van der Waals surface area contributed by atoms with Crippen LogP contribution in [0, 0.1) is 0 Å². The summed E-state index contributed by atoms with van der Waals surface area (Å²) < 4.78 is 6.65. The fourth-order valence-electron chi connectivity index (χ4n) is 2.52. The number of halogens is 1. The SMILES string of the molecule is CCOC(=O)Cc1ccccc1NC(=O)c1cc(Cl)cn2ccnc12. The van der Waals surface area contributed by atoms with Crippen LogP contribution in [0.15, 0.2) is 48.9 Å². The van der Waals surface area contributed by atoms with Gasteiger partial charge in [-0.1, -0.05) is 29.8 Å². The molecule has 25 heavy (non-hydrogen) atoms. The Labute approximate surface area is 149 Å². The molecule has 0 unspecified atom stereocenters. The number of esters is 1. The van der Waals surface area contributed by atoms with Crippen LogP contribution < -0.4 is 5.32 Å². The number of rotatable bonds is 5. The van der Waals surface area contributed by atoms with E-state index in [0.717, 1.165) is 0 Å². The van der Waals surface area contributed by atoms with Crippen LogP contribution in [0.5, 0.6) is 0 Å². The molecule has 2 aromatic heterocycles. The number of amides is 1. The number of nitrogens with one attached hydrogen (secondary N) is 1. The summed E-state index contributed by atoms with van der Waals surface area (Å²) in [6.45, 7) is 2.06. The molecule has 0 atom stereocenters. The molecule has 2 heterocycles. The minimum Gasteiger partial charge on any atom is -0.466 e. The lowest BCUT2D eigenvalue weighted by atomic mass is 10.1. The summed E-state index contributed by atoms with van der Waals surface area (Å²) in [6.07, 6.45) is 5.07. The van der Waals surface area contributed by atoms with Crippen molar-refractivity contribution in [3.63, 3.8) is 0 Å². The molecule has 0 aliphatic heterocycles. The standard InChI is InChI=1S/C18H16ClN3O3/c1-2-25-16(23)9-12-5-3-4-6-15(12)21-18(24)14-10-13(19)11-22-8-7-20-17(14)22/h3-8,10-11H,2,9H2,1H3,(H,21,24). The fourth-order valence-corrected chi connectivity index (χ4v) is 2.73. The van der Waals surface area contributed by atoms with Crippen LogP contribution >= 0.6 is 11.6 Å². The van der Waals surface area contributed by atoms with Crippen molar-refractivity contribution in [3.05, 3.63) is 65.1 Å². The van der Waals surface area contributed by atoms with Crippen molar-refractivity contribution in [1.29, 1.82) is 0 Å². The molecule has 0 aliphatic carbocycles. The number of anilines is 1. The minimum atomic E-state index is -0.352. The highest BCUT2D eigenvalue weighted by Crippen LogP contribution is 2.20. The zero-order valence-corrected chi connectivity index (χ0v) is 14.3. The minimum absolute atomic E-state index is 0.0820. The van der Waals surface area contributed by atoms with Gasteiger partial charge in [0, 0.05) is 24.3 Å². The first-order valence-corrected chi connectivity index (χ1v) is 8.13. The number of para-hydroxylation sites is 1. The van der Waals surface area contributed by atoms with E-state index in [1.165, 1.54) is 0 Å². The van der Waals surface area contributed by atoms with E-state index in [9.17, 15) is 9.59 Å². The lowest BCUT2D eigenvalue weighted by Crippen LogP contribution is -2.16. The number of carbonyl (C=O) groups is 2. The van der Waals surface area contributed by atoms with Gasteiger partial charge in [0.25, 0.3) is 5.91 Å². The monoisotopic (exact) mass is 357 g/mol. The van der Waals surface area contributed by atoms with Crippen LogP contribution in [-0.2, 0) is 16.0 Å². The average molecular weight is 358 g/mol. The molecule has 1 N–H and O–H groups in total. The number of aromatic nitrogens is 2. The molecule has 1 aromatic carbocycles. The van der Waals surface area contributed by atoms with Gasteiger partial charge in [-0.15, -0.1) is 0 Å². The first-order chi connectivity index (χ1) is 12.1. The van der Waals surface area contributed by atoms with E-state index < -0.39 is 0 Å². The maximum Gasteiger partial charge on any atom is 0.310 e. The Morgan fingerprint density at radius 1 is 1.32 bits per heavy atom. The molecule has 0 spiro atoms. The third-order valence-electron chi connectivity index (χ3n) is 3.60. The largest absolute Gasteiger partial charge is 0.466 e. The van der Waals surface area contributed by atoms with E-state index in [1.54, 1.807) is 60.2 Å². The number of nitrogens with zero attached hydrogens (tertiary/aromatic N) is 2. The van der Waals surface area contributed by atoms with Gasteiger partial charge in [-0.25, -0.2) is 4.98 Å². The maximum atomic E-state index is 12.7. The molecule has 1 amide bonds. The number of carbonyl (C=O) groups excluding carboxylic acids is 2. The molecule has 7 heteroatoms. The fraction of sp³-hybridized carbons (Fsp3) is 0.167. The Morgan fingerprint density at radius 2 is 2.12 bits per heavy atom. The van der Waals surface area contributed by atoms with Crippen molar-refractivity contribution >= 4 is 34.8 Å². The Kier molecular flexibility index (Phi) is 5.00. The van der Waals surface area contributed by atoms with Crippen LogP contribution in [0.4, 0.5) is 5.69 Å². The first-order valence-electron chi connectivity index (χ1n) is 7.75. The molecule has 0 saturated carbocycles. The van der Waals surface area contributed by atoms with Crippen molar-refractivity contribution < 1.29 is 14.3 Å². The van der Waals surface area contributed by atoms with Crippen LogP contribution in [-0.4, -0.2) is 27.9 Å². The van der Waals surface area contributed by atoms with E-state index >= 15 is 0 Å². The quantitative estimate of drug-likeness (QED) is 0.711. The highest BCUT2D eigenvalue weighted by molar-refractivity contribution is 6.31. The summed E-state index contributed by atoms with van der Waals surface area (Å²) in [5, 5.41) is 3.25. The van der Waals surface area contributed by atoms with Gasteiger partial charge in [0.1, 0.15) is 5.65 Å². The Balaban J connectivity index is 1.88. The summed E-state index contributed by atoms with van der Waals surface area (Å²) in [6, 6.07) is 8.66. The van der Waals surface area contributed by atoms with Crippen LogP contribution in [0.1, 0.15) is 22.8 Å². The predicted molar refractivity (Wildman–Crippen MR) is 94.9 cm³/mol. The third-order valence-corrected chi connectivity index (χ3v) is 3.81. The molecule has 0 saturated heterocycles. The second kappa shape index (κ2) is 7.36. The maximum absolute atomic E-state index is 12.7. The molecular formula is C18H16ClN3O3. The molecule has 3 rings (SSSR count). The van der Waals surface area contributed by atoms with Gasteiger partial charge in [0.2, 0.25) is 0 Å². The number of ether oxygens (including phenoxy) is 1. The van der Waals surface area contributed by atoms with Gasteiger partial charge in [-0.3, -0.25) is 9.59 Å². The molecule has 0 fully saturated rings. The van der Waals surface area contributed by atoms with Crippen molar-refractivity contribution in [2.24, 2.45) is 0 Å². The van der Waals surface area contributed by atoms with Gasteiger partial charge in [-0.05, 0) is 24.6 Å². The van der Waals surface area contributed by atoms with Crippen LogP contribution in [0.25, 0.3) is 5.65 Å². The van der Waals surface area contributed by atoms with E-state index in [1.807, 2.05) is 0 Å². The first kappa shape index (κ1) is 17.0. The summed E-state index contributed by atoms with van der Waals surface area (Å²) in [7, 11) is 0. The highest BCUT2D eigenvalue weighted by atomic mass is 35.5. The molecule has 0 aliphatic rings. The van der Waals surface area contributed by atoms with Crippen molar-refractivity contribution in [2.45, 2.75) is 13.3 Å². The zero-order chi connectivity index (χ0) is 17.8. The summed E-state index contributed by atoms with van der Waals surface area (Å²) in [4.78, 5) is 28.6. The molecule has 3 aromatic rings. The summed E-state index contributed by atoms with van der Waals surface area (Å²) in [5.74, 6) is -0.697. The van der Waals surface area contributed by atoms with Crippen LogP contribution in [0.2, 0.25) is 5.02 Å². The lowest BCUT2D eigenvalue weighted by molar-refractivity contribution is -0.142. The number of fused-ring (bicyclic) bond motifs is 1. The molecule has 128 valence electrons. The highest BCUT2D eigenvalue weighted by Gasteiger charge is 2.16. The number of hydrogen-bond acceptors (Lipinski definition) is 4. The number of hydrogen-bond donors (Lipinski definition) is 1. The Morgan fingerprint density at radius 3 is 2.92 bits per heavy atom. The Hall–Kier alpha value is -2.86. The lowest BCUT2D eigenvalue weighted by Gasteiger charge is -2.11. The van der Waals surface area contributed by atoms with E-state index in [-0.39, 0.29) is 18.3 Å². The van der Waals surface area contributed by atoms with Crippen LogP contribution in [0.3, 0.4) is 0 Å². The number of benzene rings is 1. The predicted octanol–water partition coefficient (Wildman–Crippen LogP) is 3.35. The second-order valence-electron chi connectivity index (χ2n) is 5.32. The van der Waals surface area contributed by atoms with Gasteiger partial charge in [0.15, 0.2) is 0 Å². The van der Waals surface area contributed by atoms with Crippen molar-refractivity contribution in [1.82, 2.24) is 9.38 Å². The van der Waals surface area contributed by atoms with Gasteiger partial charge < -0.3 is 14.5 Å². The molecule has 0 bridgehead atoms. The topological polar surface area (TPSA) is 72.7 Å². The van der Waals surface area contributed by atoms with Crippen molar-refractivity contribution in [3.8, 4) is 0 Å². The molecular weight excluding hydrogens is 342 g/mol. The average Bonchev–Trinajstić information content (AvgIpc) is 3.04. The van der Waals surface area contributed by atoms with E-state index in [0.29, 0.717) is 34.1 Å². The second-order valence-corrected chi connectivity index (χ2v) is 5.76. The summed E-state index contributed by atoms with van der Waals surface area (Å²) >= 11 is 6.07. The van der Waals surface area contributed by atoms with E-state index in [2.05, 4.69) is 10.3 Å².